The van der Waals surface area contributed by atoms with E-state index in [1.165, 1.54) is 49.8 Å². The van der Waals surface area contributed by atoms with Gasteiger partial charge in [0, 0.05) is 18.5 Å². The third-order valence-corrected chi connectivity index (χ3v) is 6.52. The Morgan fingerprint density at radius 2 is 1.88 bits per heavy atom. The van der Waals surface area contributed by atoms with Gasteiger partial charge in [-0.3, -0.25) is 0 Å². The molecule has 1 heterocycles. The highest BCUT2D eigenvalue weighted by Gasteiger charge is 2.45. The van der Waals surface area contributed by atoms with Crippen molar-refractivity contribution < 1.29 is 4.39 Å². The third kappa shape index (κ3) is 3.50. The van der Waals surface area contributed by atoms with Gasteiger partial charge in [-0.15, -0.1) is 0 Å². The zero-order chi connectivity index (χ0) is 17.1. The van der Waals surface area contributed by atoms with Crippen LogP contribution in [-0.4, -0.2) is 24.5 Å². The summed E-state index contributed by atoms with van der Waals surface area (Å²) in [4.78, 5) is 2.64. The maximum atomic E-state index is 13.9. The highest BCUT2D eigenvalue weighted by Crippen LogP contribution is 2.49. The summed E-state index contributed by atoms with van der Waals surface area (Å²) in [6.07, 6.45) is 7.44. The molecule has 25 heavy (non-hydrogen) atoms. The van der Waals surface area contributed by atoms with E-state index in [4.69, 9.17) is 0 Å². The normalized spacial score (nSPS) is 27.0. The minimum absolute atomic E-state index is 0.0808. The number of hydrogen-bond donors (Lipinski definition) is 0. The fourth-order valence-corrected chi connectivity index (χ4v) is 5.12. The topological polar surface area (TPSA) is 3.24 Å². The molecule has 1 aliphatic carbocycles. The molecule has 0 amide bonds. The van der Waals surface area contributed by atoms with Crippen molar-refractivity contribution in [1.29, 1.82) is 0 Å². The molecule has 1 saturated heterocycles. The number of hydrogen-bond acceptors (Lipinski definition) is 1. The largest absolute Gasteiger partial charge is 0.303 e. The van der Waals surface area contributed by atoms with E-state index in [2.05, 4.69) is 41.3 Å². The lowest BCUT2D eigenvalue weighted by Crippen LogP contribution is -2.51. The lowest BCUT2D eigenvalue weighted by Gasteiger charge is -2.51. The number of halogens is 1. The average Bonchev–Trinajstić information content (AvgIpc) is 2.67. The van der Waals surface area contributed by atoms with Crippen molar-refractivity contribution in [2.75, 3.05) is 19.6 Å². The Bertz CT molecular complexity index is 698. The fraction of sp³-hybridized carbons (Fsp3) is 0.478. The van der Waals surface area contributed by atoms with Gasteiger partial charge in [0.15, 0.2) is 0 Å². The molecule has 0 aromatic heterocycles. The Balaban J connectivity index is 1.48. The molecule has 2 heteroatoms. The number of piperidine rings is 1. The molecule has 1 saturated carbocycles. The van der Waals surface area contributed by atoms with Gasteiger partial charge in [-0.25, -0.2) is 4.39 Å². The van der Waals surface area contributed by atoms with Crippen LogP contribution in [-0.2, 0) is 11.8 Å². The summed E-state index contributed by atoms with van der Waals surface area (Å²) in [6, 6.07) is 18.2. The molecule has 2 unspecified atom stereocenters. The molecule has 1 aliphatic heterocycles. The lowest BCUT2D eigenvalue weighted by molar-refractivity contribution is 0.0568. The van der Waals surface area contributed by atoms with Crippen molar-refractivity contribution in [3.05, 3.63) is 71.5 Å². The van der Waals surface area contributed by atoms with E-state index in [1.54, 1.807) is 12.1 Å². The maximum absolute atomic E-state index is 13.9. The van der Waals surface area contributed by atoms with Crippen LogP contribution in [0.25, 0.3) is 0 Å². The first-order chi connectivity index (χ1) is 12.3. The molecule has 2 aliphatic rings. The first kappa shape index (κ1) is 16.8. The summed E-state index contributed by atoms with van der Waals surface area (Å²) in [6.45, 7) is 3.45. The highest BCUT2D eigenvalue weighted by molar-refractivity contribution is 5.29. The van der Waals surface area contributed by atoms with E-state index in [0.717, 1.165) is 19.5 Å². The van der Waals surface area contributed by atoms with E-state index in [1.807, 2.05) is 6.07 Å². The number of rotatable bonds is 4. The third-order valence-electron chi connectivity index (χ3n) is 6.52. The first-order valence-electron chi connectivity index (χ1n) is 9.79. The number of benzene rings is 2. The highest BCUT2D eigenvalue weighted by atomic mass is 19.1. The van der Waals surface area contributed by atoms with Gasteiger partial charge in [0.05, 0.1) is 0 Å². The van der Waals surface area contributed by atoms with Crippen molar-refractivity contribution in [2.45, 2.75) is 43.9 Å². The molecule has 2 aromatic carbocycles. The molecule has 1 nitrogen and oxygen atoms in total. The zero-order valence-corrected chi connectivity index (χ0v) is 15.0. The summed E-state index contributed by atoms with van der Waals surface area (Å²) in [7, 11) is 0. The Hall–Kier alpha value is -1.67. The summed E-state index contributed by atoms with van der Waals surface area (Å²) in [5.74, 6) is 0.593. The Morgan fingerprint density at radius 1 is 1.00 bits per heavy atom. The second-order valence-electron chi connectivity index (χ2n) is 7.90. The molecular weight excluding hydrogens is 309 g/mol. The second kappa shape index (κ2) is 7.29. The number of nitrogens with zero attached hydrogens (tertiary/aromatic N) is 1. The summed E-state index contributed by atoms with van der Waals surface area (Å²) in [5, 5.41) is 0. The fourth-order valence-electron chi connectivity index (χ4n) is 5.12. The van der Waals surface area contributed by atoms with Crippen molar-refractivity contribution >= 4 is 0 Å². The molecule has 0 bridgehead atoms. The van der Waals surface area contributed by atoms with Gasteiger partial charge in [-0.05, 0) is 61.4 Å². The SMILES string of the molecule is Fc1cccc(C23CCCCC2CN(CCc2ccccc2)CC3)c1. The van der Waals surface area contributed by atoms with E-state index in [0.29, 0.717) is 5.92 Å². The standard InChI is InChI=1S/C23H28FN/c24-22-11-6-10-20(17-22)23-13-5-4-9-21(23)18-25(16-14-23)15-12-19-7-2-1-3-8-19/h1-3,6-8,10-11,17,21H,4-5,9,12-16,18H2. The summed E-state index contributed by atoms with van der Waals surface area (Å²) >= 11 is 0. The van der Waals surface area contributed by atoms with E-state index >= 15 is 0 Å². The smallest absolute Gasteiger partial charge is 0.123 e. The molecule has 0 radical (unpaired) electrons. The van der Waals surface area contributed by atoms with Gasteiger partial charge < -0.3 is 4.90 Å². The molecule has 2 fully saturated rings. The van der Waals surface area contributed by atoms with Gasteiger partial charge >= 0.3 is 0 Å². The summed E-state index contributed by atoms with van der Waals surface area (Å²) < 4.78 is 13.9. The van der Waals surface area contributed by atoms with Crippen LogP contribution in [0.5, 0.6) is 0 Å². The van der Waals surface area contributed by atoms with Crippen molar-refractivity contribution in [3.8, 4) is 0 Å². The monoisotopic (exact) mass is 337 g/mol. The molecule has 2 aromatic rings. The minimum atomic E-state index is -0.0808. The van der Waals surface area contributed by atoms with E-state index < -0.39 is 0 Å². The van der Waals surface area contributed by atoms with Crippen LogP contribution in [0.4, 0.5) is 4.39 Å². The molecule has 132 valence electrons. The van der Waals surface area contributed by atoms with Crippen LogP contribution in [0.2, 0.25) is 0 Å². The van der Waals surface area contributed by atoms with Crippen LogP contribution in [0.3, 0.4) is 0 Å². The maximum Gasteiger partial charge on any atom is 0.123 e. The number of fused-ring (bicyclic) bond motifs is 1. The van der Waals surface area contributed by atoms with Crippen LogP contribution >= 0.6 is 0 Å². The second-order valence-corrected chi connectivity index (χ2v) is 7.90. The van der Waals surface area contributed by atoms with Crippen molar-refractivity contribution in [3.63, 3.8) is 0 Å². The van der Waals surface area contributed by atoms with Crippen LogP contribution < -0.4 is 0 Å². The van der Waals surface area contributed by atoms with Crippen molar-refractivity contribution in [2.24, 2.45) is 5.92 Å². The van der Waals surface area contributed by atoms with Crippen LogP contribution in [0, 0.1) is 11.7 Å². The van der Waals surface area contributed by atoms with Crippen LogP contribution in [0.15, 0.2) is 54.6 Å². The van der Waals surface area contributed by atoms with E-state index in [-0.39, 0.29) is 11.2 Å². The van der Waals surface area contributed by atoms with Gasteiger partial charge in [-0.1, -0.05) is 55.3 Å². The van der Waals surface area contributed by atoms with Crippen LogP contribution in [0.1, 0.15) is 43.2 Å². The average molecular weight is 337 g/mol. The molecular formula is C23H28FN. The van der Waals surface area contributed by atoms with Gasteiger partial charge in [0.25, 0.3) is 0 Å². The first-order valence-corrected chi connectivity index (χ1v) is 9.79. The minimum Gasteiger partial charge on any atom is -0.303 e. The summed E-state index contributed by atoms with van der Waals surface area (Å²) in [5.41, 5.74) is 2.89. The lowest BCUT2D eigenvalue weighted by atomic mass is 9.59. The molecule has 0 N–H and O–H groups in total. The Labute approximate surface area is 150 Å². The van der Waals surface area contributed by atoms with Gasteiger partial charge in [0.1, 0.15) is 5.82 Å². The zero-order valence-electron chi connectivity index (χ0n) is 15.0. The predicted octanol–water partition coefficient (Wildman–Crippen LogP) is 5.20. The Kier molecular flexibility index (Phi) is 4.89. The van der Waals surface area contributed by atoms with Crippen molar-refractivity contribution in [1.82, 2.24) is 4.90 Å². The predicted molar refractivity (Wildman–Crippen MR) is 101 cm³/mol. The van der Waals surface area contributed by atoms with Gasteiger partial charge in [-0.2, -0.15) is 0 Å². The van der Waals surface area contributed by atoms with E-state index in [9.17, 15) is 4.39 Å². The van der Waals surface area contributed by atoms with Gasteiger partial charge in [0.2, 0.25) is 0 Å². The molecule has 4 rings (SSSR count). The quantitative estimate of drug-likeness (QED) is 0.741. The Morgan fingerprint density at radius 3 is 2.72 bits per heavy atom. The molecule has 2 atom stereocenters. The molecule has 0 spiro atoms. The number of likely N-dealkylation sites (tertiary alicyclic amines) is 1.